The quantitative estimate of drug-likeness (QED) is 0.381. The van der Waals surface area contributed by atoms with Gasteiger partial charge in [0, 0.05) is 11.6 Å². The molecule has 0 bridgehead atoms. The zero-order chi connectivity index (χ0) is 21.6. The van der Waals surface area contributed by atoms with Crippen molar-refractivity contribution in [2.24, 2.45) is 0 Å². The highest BCUT2D eigenvalue weighted by Gasteiger charge is 2.17. The van der Waals surface area contributed by atoms with Gasteiger partial charge in [0.05, 0.1) is 7.11 Å². The van der Waals surface area contributed by atoms with Gasteiger partial charge in [-0.3, -0.25) is 0 Å². The summed E-state index contributed by atoms with van der Waals surface area (Å²) in [4.78, 5) is 4.22. The van der Waals surface area contributed by atoms with Crippen LogP contribution < -0.4 is 14.8 Å². The number of halogens is 1. The van der Waals surface area contributed by atoms with Crippen LogP contribution in [0.2, 0.25) is 5.02 Å². The van der Waals surface area contributed by atoms with Crippen LogP contribution in [0.15, 0.2) is 69.5 Å². The summed E-state index contributed by atoms with van der Waals surface area (Å²) in [6.07, 6.45) is 0. The summed E-state index contributed by atoms with van der Waals surface area (Å²) < 4.78 is 22.3. The number of hydrogen-bond acceptors (Lipinski definition) is 7. The smallest absolute Gasteiger partial charge is 0.266 e. The number of benzene rings is 2. The van der Waals surface area contributed by atoms with Gasteiger partial charge in [-0.1, -0.05) is 23.7 Å². The van der Waals surface area contributed by atoms with E-state index in [1.165, 1.54) is 0 Å². The third kappa shape index (κ3) is 5.00. The van der Waals surface area contributed by atoms with E-state index in [-0.39, 0.29) is 24.1 Å². The Bertz CT molecular complexity index is 1190. The molecular formula is C23H18ClN3O4. The minimum absolute atomic E-state index is 0.152. The molecule has 156 valence electrons. The van der Waals surface area contributed by atoms with E-state index in [1.54, 1.807) is 43.5 Å². The molecule has 4 aromatic rings. The molecule has 0 atom stereocenters. The number of anilines is 1. The average molecular weight is 436 g/mol. The summed E-state index contributed by atoms with van der Waals surface area (Å²) in [6.45, 7) is 0.696. The topological polar surface area (TPSA) is 93.4 Å². The molecule has 0 radical (unpaired) electrons. The lowest BCUT2D eigenvalue weighted by Gasteiger charge is -2.04. The molecule has 0 fully saturated rings. The Hall–Kier alpha value is -3.89. The Labute approximate surface area is 183 Å². The molecular weight excluding hydrogens is 418 g/mol. The molecule has 8 heteroatoms. The van der Waals surface area contributed by atoms with Gasteiger partial charge in [-0.15, -0.1) is 0 Å². The maximum atomic E-state index is 9.39. The van der Waals surface area contributed by atoms with E-state index in [9.17, 15) is 5.26 Å². The molecule has 7 nitrogen and oxygen atoms in total. The second-order valence-electron chi connectivity index (χ2n) is 6.52. The number of ether oxygens (including phenoxy) is 2. The number of rotatable bonds is 8. The lowest BCUT2D eigenvalue weighted by atomic mass is 10.2. The number of nitriles is 1. The molecule has 0 saturated heterocycles. The van der Waals surface area contributed by atoms with Crippen LogP contribution in [0.3, 0.4) is 0 Å². The molecule has 31 heavy (non-hydrogen) atoms. The molecule has 0 aliphatic carbocycles. The van der Waals surface area contributed by atoms with Crippen molar-refractivity contribution in [1.82, 2.24) is 4.98 Å². The lowest BCUT2D eigenvalue weighted by Crippen LogP contribution is -1.99. The third-order valence-corrected chi connectivity index (χ3v) is 4.66. The van der Waals surface area contributed by atoms with E-state index in [1.807, 2.05) is 30.3 Å². The van der Waals surface area contributed by atoms with Crippen LogP contribution >= 0.6 is 11.6 Å². The lowest BCUT2D eigenvalue weighted by molar-refractivity contribution is 0.271. The van der Waals surface area contributed by atoms with Gasteiger partial charge < -0.3 is 23.6 Å². The molecule has 2 aromatic carbocycles. The number of nitrogens with one attached hydrogen (secondary N) is 1. The van der Waals surface area contributed by atoms with Crippen LogP contribution in [0.4, 0.5) is 5.88 Å². The second-order valence-corrected chi connectivity index (χ2v) is 6.96. The van der Waals surface area contributed by atoms with Gasteiger partial charge in [0.25, 0.3) is 5.89 Å². The van der Waals surface area contributed by atoms with Crippen LogP contribution in [-0.4, -0.2) is 12.1 Å². The fraction of sp³-hybridized carbons (Fsp3) is 0.130. The SMILES string of the molecule is COc1ccc(CNc2oc(-c3ccc(COc4ccc(Cl)cc4)o3)nc2C#N)cc1. The molecule has 0 spiro atoms. The maximum Gasteiger partial charge on any atom is 0.266 e. The standard InChI is InChI=1S/C23H18ClN3O4/c1-28-17-6-2-15(3-7-17)13-26-22-20(12-25)27-23(31-22)21-11-10-19(30-21)14-29-18-8-4-16(24)5-9-18/h2-11,26H,13-14H2,1H3. The summed E-state index contributed by atoms with van der Waals surface area (Å²) in [7, 11) is 1.62. The summed E-state index contributed by atoms with van der Waals surface area (Å²) in [5.74, 6) is 2.95. The summed E-state index contributed by atoms with van der Waals surface area (Å²) in [5.41, 5.74) is 1.15. The Morgan fingerprint density at radius 2 is 1.74 bits per heavy atom. The first-order valence-corrected chi connectivity index (χ1v) is 9.77. The fourth-order valence-corrected chi connectivity index (χ4v) is 2.93. The van der Waals surface area contributed by atoms with Crippen LogP contribution in [0, 0.1) is 11.3 Å². The minimum Gasteiger partial charge on any atom is -0.497 e. The summed E-state index contributed by atoms with van der Waals surface area (Å²) in [6, 6.07) is 20.2. The highest BCUT2D eigenvalue weighted by atomic mass is 35.5. The minimum atomic E-state index is 0.152. The molecule has 1 N–H and O–H groups in total. The molecule has 2 heterocycles. The third-order valence-electron chi connectivity index (χ3n) is 4.41. The van der Waals surface area contributed by atoms with Crippen LogP contribution in [-0.2, 0) is 13.2 Å². The Kier molecular flexibility index (Phi) is 6.11. The van der Waals surface area contributed by atoms with Crippen molar-refractivity contribution in [3.05, 3.63) is 82.7 Å². The van der Waals surface area contributed by atoms with E-state index >= 15 is 0 Å². The average Bonchev–Trinajstić information content (AvgIpc) is 3.44. The number of nitrogens with zero attached hydrogens (tertiary/aromatic N) is 2. The largest absolute Gasteiger partial charge is 0.497 e. The first kappa shape index (κ1) is 20.4. The molecule has 0 aliphatic rings. The van der Waals surface area contributed by atoms with Crippen molar-refractivity contribution in [1.29, 1.82) is 5.26 Å². The van der Waals surface area contributed by atoms with Gasteiger partial charge in [0.2, 0.25) is 11.6 Å². The van der Waals surface area contributed by atoms with Gasteiger partial charge in [0.1, 0.15) is 29.9 Å². The number of aromatic nitrogens is 1. The predicted octanol–water partition coefficient (Wildman–Crippen LogP) is 5.66. The van der Waals surface area contributed by atoms with Crippen LogP contribution in [0.5, 0.6) is 11.5 Å². The number of oxazole rings is 1. The zero-order valence-electron chi connectivity index (χ0n) is 16.6. The van der Waals surface area contributed by atoms with Crippen molar-refractivity contribution in [3.8, 4) is 29.2 Å². The molecule has 2 aromatic heterocycles. The van der Waals surface area contributed by atoms with Gasteiger partial charge in [-0.2, -0.15) is 10.2 Å². The monoisotopic (exact) mass is 435 g/mol. The number of furan rings is 1. The van der Waals surface area contributed by atoms with E-state index in [0.29, 0.717) is 28.8 Å². The Morgan fingerprint density at radius 1 is 1.00 bits per heavy atom. The summed E-state index contributed by atoms with van der Waals surface area (Å²) >= 11 is 5.87. The van der Waals surface area contributed by atoms with E-state index in [2.05, 4.69) is 10.3 Å². The molecule has 4 rings (SSSR count). The Balaban J connectivity index is 1.42. The van der Waals surface area contributed by atoms with Gasteiger partial charge in [-0.25, -0.2) is 0 Å². The second kappa shape index (κ2) is 9.28. The van der Waals surface area contributed by atoms with E-state index in [0.717, 1.165) is 11.3 Å². The van der Waals surface area contributed by atoms with Crippen molar-refractivity contribution in [3.63, 3.8) is 0 Å². The van der Waals surface area contributed by atoms with Gasteiger partial charge >= 0.3 is 0 Å². The molecule has 0 aliphatic heterocycles. The zero-order valence-corrected chi connectivity index (χ0v) is 17.3. The van der Waals surface area contributed by atoms with Crippen LogP contribution in [0.25, 0.3) is 11.7 Å². The van der Waals surface area contributed by atoms with Crippen molar-refractivity contribution >= 4 is 17.5 Å². The van der Waals surface area contributed by atoms with Crippen molar-refractivity contribution in [2.75, 3.05) is 12.4 Å². The first-order valence-electron chi connectivity index (χ1n) is 9.40. The molecule has 0 amide bonds. The first-order chi connectivity index (χ1) is 15.1. The predicted molar refractivity (Wildman–Crippen MR) is 115 cm³/mol. The Morgan fingerprint density at radius 3 is 2.45 bits per heavy atom. The fourth-order valence-electron chi connectivity index (χ4n) is 2.80. The normalized spacial score (nSPS) is 10.5. The van der Waals surface area contributed by atoms with Crippen molar-refractivity contribution in [2.45, 2.75) is 13.2 Å². The van der Waals surface area contributed by atoms with E-state index in [4.69, 9.17) is 29.9 Å². The summed E-state index contributed by atoms with van der Waals surface area (Å²) in [5, 5.41) is 13.1. The highest BCUT2D eigenvalue weighted by molar-refractivity contribution is 6.30. The van der Waals surface area contributed by atoms with E-state index < -0.39 is 0 Å². The highest BCUT2D eigenvalue weighted by Crippen LogP contribution is 2.28. The number of hydrogen-bond donors (Lipinski definition) is 1. The molecule has 0 saturated carbocycles. The van der Waals surface area contributed by atoms with Gasteiger partial charge in [-0.05, 0) is 54.1 Å². The van der Waals surface area contributed by atoms with Crippen molar-refractivity contribution < 1.29 is 18.3 Å². The van der Waals surface area contributed by atoms with Gasteiger partial charge in [0.15, 0.2) is 5.76 Å². The molecule has 0 unspecified atom stereocenters. The number of methoxy groups -OCH3 is 1. The maximum absolute atomic E-state index is 9.39. The van der Waals surface area contributed by atoms with Crippen LogP contribution in [0.1, 0.15) is 17.0 Å².